The van der Waals surface area contributed by atoms with Gasteiger partial charge in [-0.1, -0.05) is 78.3 Å². The molecule has 4 aliphatic carbocycles. The van der Waals surface area contributed by atoms with Gasteiger partial charge in [-0.3, -0.25) is 0 Å². The fourth-order valence-electron chi connectivity index (χ4n) is 10.5. The van der Waals surface area contributed by atoms with Crippen molar-refractivity contribution in [3.8, 4) is 0 Å². The Kier molecular flexibility index (Phi) is 5.86. The van der Waals surface area contributed by atoms with Crippen LogP contribution in [0.4, 0.5) is 0 Å². The molecule has 0 heterocycles. The minimum Gasteiger partial charge on any atom is -0.0625 e. The van der Waals surface area contributed by atoms with Crippen molar-refractivity contribution < 1.29 is 0 Å². The summed E-state index contributed by atoms with van der Waals surface area (Å²) in [5.41, 5.74) is 3.18. The molecule has 0 aliphatic heterocycles. The van der Waals surface area contributed by atoms with E-state index in [1.165, 1.54) is 69.8 Å². The zero-order chi connectivity index (χ0) is 22.7. The Morgan fingerprint density at radius 3 is 2.25 bits per heavy atom. The molecule has 4 saturated carbocycles. The second kappa shape index (κ2) is 8.16. The predicted octanol–water partition coefficient (Wildman–Crippen LogP) is 9.19. The van der Waals surface area contributed by atoms with E-state index < -0.39 is 0 Å². The van der Waals surface area contributed by atoms with Crippen LogP contribution in [0.2, 0.25) is 0 Å². The summed E-state index contributed by atoms with van der Waals surface area (Å²) in [6, 6.07) is 11.2. The Hall–Kier alpha value is -0.780. The first kappa shape index (κ1) is 23.0. The van der Waals surface area contributed by atoms with E-state index >= 15 is 0 Å². The summed E-state index contributed by atoms with van der Waals surface area (Å²) < 4.78 is 0. The summed E-state index contributed by atoms with van der Waals surface area (Å²) in [7, 11) is 0. The van der Waals surface area contributed by atoms with Crippen LogP contribution in [0.25, 0.3) is 0 Å². The Morgan fingerprint density at radius 2 is 1.50 bits per heavy atom. The fourth-order valence-corrected chi connectivity index (χ4v) is 10.5. The second-order valence-electron chi connectivity index (χ2n) is 14.2. The lowest BCUT2D eigenvalue weighted by Crippen LogP contribution is -2.56. The van der Waals surface area contributed by atoms with Gasteiger partial charge in [0, 0.05) is 0 Å². The third kappa shape index (κ3) is 3.62. The quantitative estimate of drug-likeness (QED) is 0.443. The van der Waals surface area contributed by atoms with Crippen LogP contribution < -0.4 is 0 Å². The van der Waals surface area contributed by atoms with E-state index in [0.717, 1.165) is 41.4 Å². The molecule has 0 aromatic heterocycles. The van der Waals surface area contributed by atoms with Gasteiger partial charge in [-0.2, -0.15) is 0 Å². The van der Waals surface area contributed by atoms with Crippen molar-refractivity contribution in [1.29, 1.82) is 0 Å². The third-order valence-electron chi connectivity index (χ3n) is 12.1. The molecule has 1 aromatic carbocycles. The van der Waals surface area contributed by atoms with Crippen molar-refractivity contribution in [3.05, 3.63) is 35.9 Å². The van der Waals surface area contributed by atoms with E-state index in [4.69, 9.17) is 0 Å². The molecule has 0 spiro atoms. The fraction of sp³-hybridized carbons (Fsp3) is 0.812. The minimum absolute atomic E-state index is 0.444. The minimum atomic E-state index is 0.444. The molecule has 32 heavy (non-hydrogen) atoms. The summed E-state index contributed by atoms with van der Waals surface area (Å²) >= 11 is 0. The van der Waals surface area contributed by atoms with Crippen LogP contribution in [0.1, 0.15) is 105 Å². The number of rotatable bonds is 4. The van der Waals surface area contributed by atoms with Crippen LogP contribution in [0, 0.1) is 57.7 Å². The topological polar surface area (TPSA) is 0 Å². The first-order chi connectivity index (χ1) is 15.1. The van der Waals surface area contributed by atoms with E-state index in [9.17, 15) is 0 Å². The highest BCUT2D eigenvalue weighted by Gasteiger charge is 2.62. The third-order valence-corrected chi connectivity index (χ3v) is 12.1. The second-order valence-corrected chi connectivity index (χ2v) is 14.2. The molecule has 4 fully saturated rings. The average Bonchev–Trinajstić information content (AvgIpc) is 3.13. The van der Waals surface area contributed by atoms with Crippen molar-refractivity contribution in [2.45, 2.75) is 106 Å². The molecular weight excluding hydrogens is 384 g/mol. The average molecular weight is 435 g/mol. The highest BCUT2D eigenvalue weighted by molar-refractivity contribution is 5.16. The molecular formula is C32H50. The maximum atomic E-state index is 2.75. The summed E-state index contributed by atoms with van der Waals surface area (Å²) in [5.74, 6) is 6.81. The van der Waals surface area contributed by atoms with Gasteiger partial charge in [0.2, 0.25) is 0 Å². The SMILES string of the molecule is CC1CCC2(C)[C@H](C1)[C@@H](C)CC1[C@@H]2CCC2(C)[C@@H](C(C)(C)CCc3ccccc3)CC[C@@H]12. The van der Waals surface area contributed by atoms with Crippen molar-refractivity contribution in [1.82, 2.24) is 0 Å². The Balaban J connectivity index is 1.35. The number of aryl methyl sites for hydroxylation is 1. The monoisotopic (exact) mass is 434 g/mol. The first-order valence-electron chi connectivity index (χ1n) is 14.2. The lowest BCUT2D eigenvalue weighted by molar-refractivity contribution is -0.144. The van der Waals surface area contributed by atoms with E-state index in [-0.39, 0.29) is 0 Å². The van der Waals surface area contributed by atoms with Crippen LogP contribution in [-0.2, 0) is 6.42 Å². The maximum absolute atomic E-state index is 2.75. The number of benzene rings is 1. The van der Waals surface area contributed by atoms with Gasteiger partial charge >= 0.3 is 0 Å². The zero-order valence-corrected chi connectivity index (χ0v) is 22.0. The zero-order valence-electron chi connectivity index (χ0n) is 22.0. The van der Waals surface area contributed by atoms with Crippen molar-refractivity contribution in [2.24, 2.45) is 57.7 Å². The molecule has 0 heteroatoms. The van der Waals surface area contributed by atoms with Gasteiger partial charge in [-0.25, -0.2) is 0 Å². The predicted molar refractivity (Wildman–Crippen MR) is 137 cm³/mol. The van der Waals surface area contributed by atoms with Crippen LogP contribution in [0.3, 0.4) is 0 Å². The molecule has 178 valence electrons. The van der Waals surface area contributed by atoms with Crippen molar-refractivity contribution >= 4 is 0 Å². The summed E-state index contributed by atoms with van der Waals surface area (Å²) in [6.45, 7) is 15.9. The maximum Gasteiger partial charge on any atom is -0.0261 e. The molecule has 0 amide bonds. The lowest BCUT2D eigenvalue weighted by Gasteiger charge is -2.63. The van der Waals surface area contributed by atoms with Gasteiger partial charge in [-0.05, 0) is 121 Å². The summed E-state index contributed by atoms with van der Waals surface area (Å²) in [5, 5.41) is 0. The van der Waals surface area contributed by atoms with E-state index in [1.807, 2.05) is 0 Å². The molecule has 0 radical (unpaired) electrons. The smallest absolute Gasteiger partial charge is 0.0261 e. The van der Waals surface area contributed by atoms with Crippen LogP contribution in [0.5, 0.6) is 0 Å². The highest BCUT2D eigenvalue weighted by Crippen LogP contribution is 2.70. The first-order valence-corrected chi connectivity index (χ1v) is 14.2. The van der Waals surface area contributed by atoms with Crippen LogP contribution in [-0.4, -0.2) is 0 Å². The van der Waals surface area contributed by atoms with Crippen LogP contribution >= 0.6 is 0 Å². The summed E-state index contributed by atoms with van der Waals surface area (Å²) in [4.78, 5) is 0. The highest BCUT2D eigenvalue weighted by atomic mass is 14.7. The van der Waals surface area contributed by atoms with E-state index in [2.05, 4.69) is 71.9 Å². The largest absolute Gasteiger partial charge is 0.0625 e. The molecule has 9 atom stereocenters. The van der Waals surface area contributed by atoms with Gasteiger partial charge in [0.15, 0.2) is 0 Å². The Morgan fingerprint density at radius 1 is 0.812 bits per heavy atom. The Bertz CT molecular complexity index is 792. The standard InChI is InChI=1S/C32H50/c1-22-14-18-31(5)27-16-19-32(6)26(25(27)21-23(2)28(31)20-22)12-13-29(32)30(3,4)17-15-24-10-8-7-9-11-24/h7-11,22-23,25-29H,12-21H2,1-6H3/t22?,23-,25?,26-,27-,28+,29+,31?,32?/m0/s1. The molecule has 5 rings (SSSR count). The number of fused-ring (bicyclic) bond motifs is 5. The normalized spacial score (nSPS) is 46.2. The number of hydrogen-bond acceptors (Lipinski definition) is 0. The van der Waals surface area contributed by atoms with E-state index in [1.54, 1.807) is 0 Å². The molecule has 4 aliphatic rings. The molecule has 0 bridgehead atoms. The van der Waals surface area contributed by atoms with E-state index in [0.29, 0.717) is 16.2 Å². The van der Waals surface area contributed by atoms with Gasteiger partial charge < -0.3 is 0 Å². The molecule has 4 unspecified atom stereocenters. The molecule has 0 saturated heterocycles. The summed E-state index contributed by atoms with van der Waals surface area (Å²) in [6.07, 6.45) is 14.7. The number of hydrogen-bond donors (Lipinski definition) is 0. The van der Waals surface area contributed by atoms with Crippen LogP contribution in [0.15, 0.2) is 30.3 Å². The van der Waals surface area contributed by atoms with Gasteiger partial charge in [0.05, 0.1) is 0 Å². The lowest BCUT2D eigenvalue weighted by atomic mass is 9.42. The van der Waals surface area contributed by atoms with Gasteiger partial charge in [0.25, 0.3) is 0 Å². The van der Waals surface area contributed by atoms with Gasteiger partial charge in [-0.15, -0.1) is 0 Å². The Labute approximate surface area is 199 Å². The molecule has 0 N–H and O–H groups in total. The molecule has 1 aromatic rings. The van der Waals surface area contributed by atoms with Crippen molar-refractivity contribution in [3.63, 3.8) is 0 Å². The van der Waals surface area contributed by atoms with Gasteiger partial charge in [0.1, 0.15) is 0 Å². The van der Waals surface area contributed by atoms with Crippen molar-refractivity contribution in [2.75, 3.05) is 0 Å². The molecule has 0 nitrogen and oxygen atoms in total.